The van der Waals surface area contributed by atoms with Gasteiger partial charge in [0.1, 0.15) is 0 Å². The summed E-state index contributed by atoms with van der Waals surface area (Å²) in [6.07, 6.45) is 1.69. The first-order valence-electron chi connectivity index (χ1n) is 8.78. The van der Waals surface area contributed by atoms with Crippen molar-refractivity contribution in [1.29, 1.82) is 0 Å². The molecular formula is C19H26N4O2. The number of piperidine rings is 1. The molecule has 0 aliphatic carbocycles. The normalized spacial score (nSPS) is 15.4. The SMILES string of the molecule is Cc1cc(C)cc(-n2nc(NC(=O)N3CCC(CO)CC3)cc2C)c1. The maximum Gasteiger partial charge on any atom is 0.323 e. The number of carbonyl (C=O) groups excluding carboxylic acids is 1. The fourth-order valence-corrected chi connectivity index (χ4v) is 3.38. The van der Waals surface area contributed by atoms with E-state index in [4.69, 9.17) is 0 Å². The van der Waals surface area contributed by atoms with Gasteiger partial charge in [-0.05, 0) is 62.8 Å². The lowest BCUT2D eigenvalue weighted by molar-refractivity contribution is 0.143. The van der Waals surface area contributed by atoms with E-state index < -0.39 is 0 Å². The molecule has 0 unspecified atom stereocenters. The zero-order valence-electron chi connectivity index (χ0n) is 15.1. The van der Waals surface area contributed by atoms with E-state index in [0.717, 1.165) is 24.2 Å². The fourth-order valence-electron chi connectivity index (χ4n) is 3.38. The van der Waals surface area contributed by atoms with Crippen LogP contribution in [0.25, 0.3) is 5.69 Å². The van der Waals surface area contributed by atoms with Crippen molar-refractivity contribution in [3.63, 3.8) is 0 Å². The van der Waals surface area contributed by atoms with Crippen molar-refractivity contribution in [3.05, 3.63) is 41.1 Å². The van der Waals surface area contributed by atoms with Gasteiger partial charge in [-0.25, -0.2) is 9.48 Å². The molecule has 6 heteroatoms. The summed E-state index contributed by atoms with van der Waals surface area (Å²) in [5.41, 5.74) is 4.34. The Bertz CT molecular complexity index is 741. The van der Waals surface area contributed by atoms with Crippen LogP contribution in [0, 0.1) is 26.7 Å². The molecule has 3 rings (SSSR count). The van der Waals surface area contributed by atoms with Crippen LogP contribution in [-0.2, 0) is 0 Å². The molecule has 0 saturated carbocycles. The van der Waals surface area contributed by atoms with Crippen molar-refractivity contribution in [2.45, 2.75) is 33.6 Å². The molecule has 2 N–H and O–H groups in total. The Morgan fingerprint density at radius 1 is 1.16 bits per heavy atom. The van der Waals surface area contributed by atoms with Crippen LogP contribution < -0.4 is 5.32 Å². The number of aliphatic hydroxyl groups is 1. The number of hydrogen-bond acceptors (Lipinski definition) is 3. The van der Waals surface area contributed by atoms with Crippen LogP contribution in [-0.4, -0.2) is 45.5 Å². The second-order valence-corrected chi connectivity index (χ2v) is 6.97. The van der Waals surface area contributed by atoms with Gasteiger partial charge in [0.25, 0.3) is 0 Å². The van der Waals surface area contributed by atoms with Gasteiger partial charge in [-0.3, -0.25) is 5.32 Å². The molecule has 134 valence electrons. The van der Waals surface area contributed by atoms with E-state index in [-0.39, 0.29) is 12.6 Å². The summed E-state index contributed by atoms with van der Waals surface area (Å²) in [4.78, 5) is 14.2. The lowest BCUT2D eigenvalue weighted by atomic mass is 9.98. The van der Waals surface area contributed by atoms with E-state index in [9.17, 15) is 9.90 Å². The number of urea groups is 1. The summed E-state index contributed by atoms with van der Waals surface area (Å²) >= 11 is 0. The van der Waals surface area contributed by atoms with E-state index in [1.165, 1.54) is 11.1 Å². The molecule has 6 nitrogen and oxygen atoms in total. The number of likely N-dealkylation sites (tertiary alicyclic amines) is 1. The van der Waals surface area contributed by atoms with Gasteiger partial charge < -0.3 is 10.0 Å². The lowest BCUT2D eigenvalue weighted by Crippen LogP contribution is -2.41. The summed E-state index contributed by atoms with van der Waals surface area (Å²) in [5.74, 6) is 0.876. The smallest absolute Gasteiger partial charge is 0.323 e. The number of aryl methyl sites for hydroxylation is 3. The molecule has 0 radical (unpaired) electrons. The maximum absolute atomic E-state index is 12.4. The number of aliphatic hydroxyl groups excluding tert-OH is 1. The van der Waals surface area contributed by atoms with Crippen LogP contribution in [0.15, 0.2) is 24.3 Å². The van der Waals surface area contributed by atoms with E-state index in [1.807, 2.05) is 17.7 Å². The highest BCUT2D eigenvalue weighted by atomic mass is 16.3. The molecule has 0 bridgehead atoms. The third-order valence-electron chi connectivity index (χ3n) is 4.73. The predicted molar refractivity (Wildman–Crippen MR) is 98.2 cm³/mol. The summed E-state index contributed by atoms with van der Waals surface area (Å²) in [6, 6.07) is 8.05. The molecule has 1 aliphatic rings. The Kier molecular flexibility index (Phi) is 5.08. The standard InChI is InChI=1S/C19H26N4O2/c1-13-8-14(2)10-17(9-13)23-15(3)11-18(21-23)20-19(25)22-6-4-16(12-24)5-7-22/h8-11,16,24H,4-7,12H2,1-3H3,(H,20,21,25). The van der Waals surface area contributed by atoms with Crippen molar-refractivity contribution in [3.8, 4) is 5.69 Å². The first kappa shape index (κ1) is 17.5. The van der Waals surface area contributed by atoms with Gasteiger partial charge in [0, 0.05) is 31.5 Å². The van der Waals surface area contributed by atoms with Crippen molar-refractivity contribution in [1.82, 2.24) is 14.7 Å². The molecule has 0 spiro atoms. The van der Waals surface area contributed by atoms with Gasteiger partial charge in [-0.1, -0.05) is 6.07 Å². The van der Waals surface area contributed by atoms with Crippen LogP contribution in [0.2, 0.25) is 0 Å². The number of benzene rings is 1. The first-order chi connectivity index (χ1) is 12.0. The lowest BCUT2D eigenvalue weighted by Gasteiger charge is -2.30. The Morgan fingerprint density at radius 2 is 1.80 bits per heavy atom. The molecule has 1 saturated heterocycles. The Balaban J connectivity index is 1.71. The van der Waals surface area contributed by atoms with E-state index in [0.29, 0.717) is 24.8 Å². The quantitative estimate of drug-likeness (QED) is 0.901. The van der Waals surface area contributed by atoms with Gasteiger partial charge in [-0.2, -0.15) is 0 Å². The molecule has 1 aliphatic heterocycles. The minimum atomic E-state index is -0.124. The number of nitrogens with one attached hydrogen (secondary N) is 1. The number of rotatable bonds is 3. The average molecular weight is 342 g/mol. The summed E-state index contributed by atoms with van der Waals surface area (Å²) in [5, 5.41) is 16.6. The molecule has 2 heterocycles. The third-order valence-corrected chi connectivity index (χ3v) is 4.73. The molecule has 1 fully saturated rings. The average Bonchev–Trinajstić information content (AvgIpc) is 2.94. The number of amides is 2. The highest BCUT2D eigenvalue weighted by Gasteiger charge is 2.23. The van der Waals surface area contributed by atoms with Crippen LogP contribution in [0.1, 0.15) is 29.7 Å². The van der Waals surface area contributed by atoms with Gasteiger partial charge in [0.2, 0.25) is 0 Å². The topological polar surface area (TPSA) is 70.4 Å². The largest absolute Gasteiger partial charge is 0.396 e. The highest BCUT2D eigenvalue weighted by molar-refractivity contribution is 5.88. The van der Waals surface area contributed by atoms with Crippen molar-refractivity contribution in [2.75, 3.05) is 25.0 Å². The Hall–Kier alpha value is -2.34. The third kappa shape index (κ3) is 4.02. The summed E-state index contributed by atoms with van der Waals surface area (Å²) in [7, 11) is 0. The highest BCUT2D eigenvalue weighted by Crippen LogP contribution is 2.20. The minimum absolute atomic E-state index is 0.124. The number of aromatic nitrogens is 2. The second kappa shape index (κ2) is 7.27. The number of nitrogens with zero attached hydrogens (tertiary/aromatic N) is 3. The summed E-state index contributed by atoms with van der Waals surface area (Å²) in [6.45, 7) is 7.66. The van der Waals surface area contributed by atoms with Crippen LogP contribution in [0.3, 0.4) is 0 Å². The Labute approximate surface area is 148 Å². The van der Waals surface area contributed by atoms with Crippen molar-refractivity contribution in [2.24, 2.45) is 5.92 Å². The molecule has 1 aromatic heterocycles. The van der Waals surface area contributed by atoms with E-state index in [1.54, 1.807) is 4.90 Å². The summed E-state index contributed by atoms with van der Waals surface area (Å²) < 4.78 is 1.85. The predicted octanol–water partition coefficient (Wildman–Crippen LogP) is 3.03. The van der Waals surface area contributed by atoms with Crippen LogP contribution in [0.5, 0.6) is 0 Å². The Morgan fingerprint density at radius 3 is 2.40 bits per heavy atom. The first-order valence-corrected chi connectivity index (χ1v) is 8.78. The van der Waals surface area contributed by atoms with Crippen molar-refractivity contribution >= 4 is 11.8 Å². The van der Waals surface area contributed by atoms with Gasteiger partial charge >= 0.3 is 6.03 Å². The molecule has 2 amide bonds. The van der Waals surface area contributed by atoms with Crippen LogP contribution in [0.4, 0.5) is 10.6 Å². The molecular weight excluding hydrogens is 316 g/mol. The maximum atomic E-state index is 12.4. The zero-order chi connectivity index (χ0) is 18.0. The van der Waals surface area contributed by atoms with Gasteiger partial charge in [0.15, 0.2) is 5.82 Å². The number of carbonyl (C=O) groups is 1. The molecule has 2 aromatic rings. The van der Waals surface area contributed by atoms with Gasteiger partial charge in [-0.15, -0.1) is 5.10 Å². The number of hydrogen-bond donors (Lipinski definition) is 2. The minimum Gasteiger partial charge on any atom is -0.396 e. The molecule has 0 atom stereocenters. The second-order valence-electron chi connectivity index (χ2n) is 6.97. The zero-order valence-corrected chi connectivity index (χ0v) is 15.1. The van der Waals surface area contributed by atoms with Crippen molar-refractivity contribution < 1.29 is 9.90 Å². The fraction of sp³-hybridized carbons (Fsp3) is 0.474. The molecule has 25 heavy (non-hydrogen) atoms. The van der Waals surface area contributed by atoms with E-state index >= 15 is 0 Å². The van der Waals surface area contributed by atoms with E-state index in [2.05, 4.69) is 42.5 Å². The van der Waals surface area contributed by atoms with Crippen LogP contribution >= 0.6 is 0 Å². The number of anilines is 1. The van der Waals surface area contributed by atoms with Gasteiger partial charge in [0.05, 0.1) is 5.69 Å². The monoisotopic (exact) mass is 342 g/mol. The molecule has 1 aromatic carbocycles.